The quantitative estimate of drug-likeness (QED) is 0.746. The Labute approximate surface area is 156 Å². The molecule has 2 N–H and O–H groups in total. The highest BCUT2D eigenvalue weighted by atomic mass is 19.1. The summed E-state index contributed by atoms with van der Waals surface area (Å²) >= 11 is 0. The van der Waals surface area contributed by atoms with Crippen LogP contribution in [-0.4, -0.2) is 28.7 Å². The van der Waals surface area contributed by atoms with Gasteiger partial charge in [-0.05, 0) is 67.0 Å². The van der Waals surface area contributed by atoms with E-state index in [0.717, 1.165) is 48.0 Å². The number of benzene rings is 2. The minimum atomic E-state index is -0.544. The first kappa shape index (κ1) is 17.5. The number of nitrogens with zero attached hydrogens (tertiary/aromatic N) is 3. The molecule has 4 nitrogen and oxygen atoms in total. The van der Waals surface area contributed by atoms with E-state index in [-0.39, 0.29) is 5.92 Å². The van der Waals surface area contributed by atoms with Gasteiger partial charge in [0, 0.05) is 24.1 Å². The van der Waals surface area contributed by atoms with Gasteiger partial charge in [-0.2, -0.15) is 0 Å². The van der Waals surface area contributed by atoms with E-state index >= 15 is 0 Å². The van der Waals surface area contributed by atoms with Gasteiger partial charge in [-0.1, -0.05) is 12.1 Å². The highest BCUT2D eigenvalue weighted by molar-refractivity contribution is 5.62. The van der Waals surface area contributed by atoms with Crippen molar-refractivity contribution < 1.29 is 8.78 Å². The molecule has 0 spiro atoms. The van der Waals surface area contributed by atoms with E-state index in [1.165, 1.54) is 12.1 Å². The van der Waals surface area contributed by atoms with E-state index < -0.39 is 11.6 Å². The SMILES string of the molecule is CN1CCC(c2cc(F)cc(F)c2)c2ccc(-c3ccc(N)nn3)cc2C1. The fourth-order valence-corrected chi connectivity index (χ4v) is 3.74. The lowest BCUT2D eigenvalue weighted by molar-refractivity contribution is 0.328. The second-order valence-electron chi connectivity index (χ2n) is 7.04. The molecule has 0 aliphatic carbocycles. The summed E-state index contributed by atoms with van der Waals surface area (Å²) in [5, 5.41) is 8.07. The third-order valence-electron chi connectivity index (χ3n) is 5.03. The number of fused-ring (bicyclic) bond motifs is 1. The summed E-state index contributed by atoms with van der Waals surface area (Å²) in [5.74, 6) is -0.765. The molecule has 4 rings (SSSR count). The molecule has 27 heavy (non-hydrogen) atoms. The number of aromatic nitrogens is 2. The molecule has 1 aliphatic rings. The molecule has 0 fully saturated rings. The molecule has 0 bridgehead atoms. The molecule has 1 aliphatic heterocycles. The summed E-state index contributed by atoms with van der Waals surface area (Å²) < 4.78 is 27.6. The Kier molecular flexibility index (Phi) is 4.58. The number of hydrogen-bond donors (Lipinski definition) is 1. The second-order valence-corrected chi connectivity index (χ2v) is 7.04. The Morgan fingerprint density at radius 1 is 1.00 bits per heavy atom. The Morgan fingerprint density at radius 3 is 2.48 bits per heavy atom. The van der Waals surface area contributed by atoms with Crippen LogP contribution in [0.15, 0.2) is 48.5 Å². The van der Waals surface area contributed by atoms with Crippen molar-refractivity contribution in [2.24, 2.45) is 0 Å². The number of nitrogen functional groups attached to an aromatic ring is 1. The van der Waals surface area contributed by atoms with Crippen LogP contribution in [0.1, 0.15) is 29.0 Å². The first-order valence-electron chi connectivity index (χ1n) is 8.86. The summed E-state index contributed by atoms with van der Waals surface area (Å²) in [4.78, 5) is 2.22. The maximum atomic E-state index is 13.8. The van der Waals surface area contributed by atoms with E-state index in [0.29, 0.717) is 11.4 Å². The highest BCUT2D eigenvalue weighted by Crippen LogP contribution is 2.36. The topological polar surface area (TPSA) is 55.0 Å². The first-order chi connectivity index (χ1) is 13.0. The molecular formula is C21H20F2N4. The van der Waals surface area contributed by atoms with Crippen molar-refractivity contribution >= 4 is 5.82 Å². The summed E-state index contributed by atoms with van der Waals surface area (Å²) in [5.41, 5.74) is 10.2. The average molecular weight is 366 g/mol. The number of halogens is 2. The molecule has 0 radical (unpaired) electrons. The van der Waals surface area contributed by atoms with Crippen LogP contribution in [0.25, 0.3) is 11.3 Å². The van der Waals surface area contributed by atoms with Gasteiger partial charge in [0.25, 0.3) is 0 Å². The molecule has 2 heterocycles. The molecule has 0 saturated heterocycles. The monoisotopic (exact) mass is 366 g/mol. The summed E-state index contributed by atoms with van der Waals surface area (Å²) in [7, 11) is 2.05. The van der Waals surface area contributed by atoms with Crippen molar-refractivity contribution in [3.63, 3.8) is 0 Å². The molecule has 1 atom stereocenters. The van der Waals surface area contributed by atoms with Gasteiger partial charge in [-0.3, -0.25) is 0 Å². The molecule has 0 saturated carbocycles. The van der Waals surface area contributed by atoms with Gasteiger partial charge in [0.1, 0.15) is 17.5 Å². The molecule has 6 heteroatoms. The molecule has 138 valence electrons. The second kappa shape index (κ2) is 7.04. The Morgan fingerprint density at radius 2 is 1.78 bits per heavy atom. The van der Waals surface area contributed by atoms with Crippen LogP contribution in [0.3, 0.4) is 0 Å². The molecular weight excluding hydrogens is 346 g/mol. The maximum Gasteiger partial charge on any atom is 0.146 e. The van der Waals surface area contributed by atoms with Crippen molar-refractivity contribution in [1.82, 2.24) is 15.1 Å². The zero-order valence-corrected chi connectivity index (χ0v) is 15.0. The first-order valence-corrected chi connectivity index (χ1v) is 8.86. The van der Waals surface area contributed by atoms with Gasteiger partial charge < -0.3 is 10.6 Å². The molecule has 1 aromatic heterocycles. The van der Waals surface area contributed by atoms with Gasteiger partial charge in [0.15, 0.2) is 0 Å². The lowest BCUT2D eigenvalue weighted by Gasteiger charge is -2.19. The van der Waals surface area contributed by atoms with Crippen molar-refractivity contribution in [2.75, 3.05) is 19.3 Å². The predicted octanol–water partition coefficient (Wildman–Crippen LogP) is 3.97. The van der Waals surface area contributed by atoms with Crippen molar-refractivity contribution in [1.29, 1.82) is 0 Å². The van der Waals surface area contributed by atoms with Gasteiger partial charge in [-0.25, -0.2) is 8.78 Å². The van der Waals surface area contributed by atoms with E-state index in [4.69, 9.17) is 5.73 Å². The van der Waals surface area contributed by atoms with Gasteiger partial charge in [-0.15, -0.1) is 10.2 Å². The van der Waals surface area contributed by atoms with Crippen LogP contribution in [0.4, 0.5) is 14.6 Å². The Balaban J connectivity index is 1.79. The predicted molar refractivity (Wildman–Crippen MR) is 101 cm³/mol. The zero-order chi connectivity index (χ0) is 19.0. The third-order valence-corrected chi connectivity index (χ3v) is 5.03. The lowest BCUT2D eigenvalue weighted by atomic mass is 9.85. The minimum absolute atomic E-state index is 0.0540. The van der Waals surface area contributed by atoms with Gasteiger partial charge in [0.05, 0.1) is 5.69 Å². The fourth-order valence-electron chi connectivity index (χ4n) is 3.74. The Bertz CT molecular complexity index is 952. The van der Waals surface area contributed by atoms with E-state index in [1.807, 2.05) is 25.2 Å². The summed E-state index contributed by atoms with van der Waals surface area (Å²) in [6.07, 6.45) is 0.799. The molecule has 0 amide bonds. The number of rotatable bonds is 2. The zero-order valence-electron chi connectivity index (χ0n) is 15.0. The molecule has 3 aromatic rings. The normalized spacial score (nSPS) is 17.4. The number of nitrogens with two attached hydrogens (primary N) is 1. The van der Waals surface area contributed by atoms with Crippen LogP contribution in [-0.2, 0) is 6.54 Å². The van der Waals surface area contributed by atoms with Crippen molar-refractivity contribution in [3.05, 3.63) is 76.9 Å². The standard InChI is InChI=1S/C21H20F2N4/c1-27-7-6-19(14-9-16(22)11-17(23)10-14)18-3-2-13(8-15(18)12-27)20-4-5-21(24)26-25-20/h2-5,8-11,19H,6-7,12H2,1H3,(H2,24,26). The van der Waals surface area contributed by atoms with Crippen molar-refractivity contribution in [3.8, 4) is 11.3 Å². The van der Waals surface area contributed by atoms with E-state index in [2.05, 4.69) is 21.2 Å². The van der Waals surface area contributed by atoms with Crippen LogP contribution < -0.4 is 5.73 Å². The van der Waals surface area contributed by atoms with E-state index in [1.54, 1.807) is 6.07 Å². The van der Waals surface area contributed by atoms with Crippen LogP contribution in [0.5, 0.6) is 0 Å². The number of hydrogen-bond acceptors (Lipinski definition) is 4. The third kappa shape index (κ3) is 3.66. The van der Waals surface area contributed by atoms with Gasteiger partial charge in [0.2, 0.25) is 0 Å². The molecule has 2 aromatic carbocycles. The van der Waals surface area contributed by atoms with Crippen LogP contribution in [0.2, 0.25) is 0 Å². The Hall–Kier alpha value is -2.86. The highest BCUT2D eigenvalue weighted by Gasteiger charge is 2.24. The largest absolute Gasteiger partial charge is 0.382 e. The number of anilines is 1. The average Bonchev–Trinajstić information content (AvgIpc) is 2.79. The summed E-state index contributed by atoms with van der Waals surface area (Å²) in [6, 6.07) is 13.4. The maximum absolute atomic E-state index is 13.8. The van der Waals surface area contributed by atoms with Crippen LogP contribution >= 0.6 is 0 Å². The minimum Gasteiger partial charge on any atom is -0.382 e. The smallest absolute Gasteiger partial charge is 0.146 e. The van der Waals surface area contributed by atoms with Crippen LogP contribution in [0, 0.1) is 11.6 Å². The van der Waals surface area contributed by atoms with E-state index in [9.17, 15) is 8.78 Å². The molecule has 1 unspecified atom stereocenters. The van der Waals surface area contributed by atoms with Gasteiger partial charge >= 0.3 is 0 Å². The summed E-state index contributed by atoms with van der Waals surface area (Å²) in [6.45, 7) is 1.61. The van der Waals surface area contributed by atoms with Crippen molar-refractivity contribution in [2.45, 2.75) is 18.9 Å². The lowest BCUT2D eigenvalue weighted by Crippen LogP contribution is -2.17. The fraction of sp³-hybridized carbons (Fsp3) is 0.238.